The van der Waals surface area contributed by atoms with E-state index in [0.29, 0.717) is 29.6 Å². The molecule has 3 aliphatic rings. The van der Waals surface area contributed by atoms with E-state index >= 15 is 0 Å². The molecule has 3 heterocycles. The van der Waals surface area contributed by atoms with Gasteiger partial charge in [-0.05, 0) is 68.7 Å². The van der Waals surface area contributed by atoms with E-state index in [2.05, 4.69) is 52.7 Å². The average Bonchev–Trinajstić information content (AvgIpc) is 2.76. The van der Waals surface area contributed by atoms with Gasteiger partial charge < -0.3 is 98.9 Å². The van der Waals surface area contributed by atoms with Gasteiger partial charge in [0.1, 0.15) is 60.4 Å². The zero-order valence-corrected chi connectivity index (χ0v) is 47.4. The number of nitrogens with one attached hydrogen (secondary N) is 6. The summed E-state index contributed by atoms with van der Waals surface area (Å²) in [6.07, 6.45) is -10.0. The second-order valence-electron chi connectivity index (χ2n) is 21.1. The first-order valence-electron chi connectivity index (χ1n) is 29.8. The van der Waals surface area contributed by atoms with Crippen molar-refractivity contribution in [2.75, 3.05) is 32.6 Å². The fourth-order valence-electron chi connectivity index (χ4n) is 10.1. The minimum Gasteiger partial charge on any atom is -0.508 e. The number of hydrogen-bond acceptors (Lipinski definition) is 20. The highest BCUT2D eigenvalue weighted by Crippen LogP contribution is 2.27. The van der Waals surface area contributed by atoms with Crippen molar-refractivity contribution in [1.29, 1.82) is 0 Å². The number of amides is 7. The molecule has 3 aliphatic heterocycles. The number of nitrogens with zero attached hydrogens (tertiary/aromatic N) is 2. The van der Waals surface area contributed by atoms with Crippen LogP contribution < -0.4 is 43.4 Å². The van der Waals surface area contributed by atoms with E-state index < -0.39 is 172 Å². The zero-order valence-electron chi connectivity index (χ0n) is 51.4. The Morgan fingerprint density at radius 3 is 1.92 bits per heavy atom. The van der Waals surface area contributed by atoms with Crippen molar-refractivity contribution in [3.63, 3.8) is 0 Å². The Bertz CT molecular complexity index is 2360. The molecule has 1 aromatic carbocycles. The number of fused-ring (bicyclic) bond motifs is 2. The molecule has 0 spiro atoms. The average molecular weight is 1190 g/mol. The van der Waals surface area contributed by atoms with Crippen LogP contribution in [0.1, 0.15) is 135 Å². The number of benzene rings is 1. The van der Waals surface area contributed by atoms with Crippen LogP contribution in [0, 0.1) is 11.8 Å². The zero-order chi connectivity index (χ0) is 66.1. The highest BCUT2D eigenvalue weighted by atomic mass is 16.4. The first-order chi connectivity index (χ1) is 40.7. The van der Waals surface area contributed by atoms with Gasteiger partial charge in [-0.15, -0.1) is 0 Å². The van der Waals surface area contributed by atoms with E-state index in [0.717, 1.165) is 68.9 Å². The summed E-state index contributed by atoms with van der Waals surface area (Å²) in [5.41, 5.74) is 11.2. The first-order valence-corrected chi connectivity index (χ1v) is 27.8. The molecule has 20 N–H and O–H groups in total. The van der Waals surface area contributed by atoms with E-state index in [1.165, 1.54) is 12.1 Å². The van der Waals surface area contributed by atoms with E-state index in [1.54, 1.807) is 0 Å². The molecule has 3 saturated heterocycles. The Morgan fingerprint density at radius 2 is 1.33 bits per heavy atom. The molecule has 0 radical (unpaired) electrons. The van der Waals surface area contributed by atoms with Crippen LogP contribution in [0.25, 0.3) is 0 Å². The Hall–Kier alpha value is -6.15. The Kier molecular flexibility index (Phi) is 30.2. The summed E-state index contributed by atoms with van der Waals surface area (Å²) in [5, 5.41) is 117. The molecular formula is C54H92N10O19. The highest BCUT2D eigenvalue weighted by molar-refractivity contribution is 5.98. The topological polar surface area (TPSA) is 487 Å². The molecule has 0 aromatic heterocycles. The number of nitrogens with two attached hydrogens (primary N) is 2. The predicted octanol–water partition coefficient (Wildman–Crippen LogP) is -3.91. The summed E-state index contributed by atoms with van der Waals surface area (Å²) in [7, 11) is 0. The number of rotatable bonds is 23. The molecule has 0 aliphatic carbocycles. The number of phenols is 1. The van der Waals surface area contributed by atoms with Crippen LogP contribution in [0.15, 0.2) is 24.3 Å². The van der Waals surface area contributed by atoms with Crippen LogP contribution in [0.2, 0.25) is 0 Å². The van der Waals surface area contributed by atoms with E-state index in [-0.39, 0.29) is 43.6 Å². The van der Waals surface area contributed by atoms with Gasteiger partial charge in [0.25, 0.3) is 12.9 Å². The molecule has 1 aromatic rings. The largest absolute Gasteiger partial charge is 0.508 e. The first kappa shape index (κ1) is 66.0. The van der Waals surface area contributed by atoms with Crippen LogP contribution in [0.5, 0.6) is 5.75 Å². The number of hydrogen-bond donors (Lipinski definition) is 18. The molecule has 472 valence electrons. The van der Waals surface area contributed by atoms with Crippen LogP contribution in [-0.4, -0.2) is 227 Å². The van der Waals surface area contributed by atoms with Gasteiger partial charge in [0.15, 0.2) is 0 Å². The Balaban J connectivity index is 0.00000412. The van der Waals surface area contributed by atoms with Gasteiger partial charge >= 0.3 is 0 Å². The normalized spacial score (nSPS) is 27.9. The minimum atomic E-state index is -3.33. The molecule has 29 heteroatoms. The van der Waals surface area contributed by atoms with Gasteiger partial charge in [0.05, 0.1) is 30.5 Å². The third-order valence-corrected chi connectivity index (χ3v) is 14.7. The van der Waals surface area contributed by atoms with Crippen LogP contribution in [0.3, 0.4) is 0 Å². The maximum absolute atomic E-state index is 14.7. The van der Waals surface area contributed by atoms with Crippen LogP contribution >= 0.6 is 0 Å². The number of carboxylic acid groups (broad SMARTS) is 2. The summed E-state index contributed by atoms with van der Waals surface area (Å²) in [5.74, 6) is -7.55. The molecule has 3 fully saturated rings. The summed E-state index contributed by atoms with van der Waals surface area (Å²) in [4.78, 5) is 119. The van der Waals surface area contributed by atoms with Crippen molar-refractivity contribution >= 4 is 54.3 Å². The van der Waals surface area contributed by atoms with Gasteiger partial charge in [-0.25, -0.2) is 0 Å². The third kappa shape index (κ3) is 23.4. The van der Waals surface area contributed by atoms with Crippen molar-refractivity contribution in [1.82, 2.24) is 41.7 Å². The number of carbonyl (C=O) groups is 9. The standard InChI is InChI=1S/C52H88N10O15.2CH2O2/c1-5-28(2)24-29(3)12-10-8-6-7-9-11-13-39(69)56-34-26-38(68)46(55-22-21-54)60-50(75)43-37(67)19-23-61(43)52(77)41(36(66)18-20-53)58-49(74)42(45(71)44(70)31-14-16-32(64)17-15-31)59-48(73)35-25-33(65)27-62(35)51(76)40(30(4)63)57-47(34)72;2*2-1-3/h14-17,28-30,33-38,40-46,55,63-68,70-71H,5-13,18-27,53-54H2,1-4H3,(H,56,69)(H,57,72)(H,58,74)(H,59,73)(H,60,75);2*1H,(H,2,3)/t28?,29?,30-,33-,34+,35+,36-,37+,38-,40+,41+,42+,43+,44+,45+,46+;;/m1../s1/i21D2,22D2;;. The molecule has 0 bridgehead atoms. The fourth-order valence-corrected chi connectivity index (χ4v) is 10.1. The fraction of sp³-hybridized carbons (Fsp3) is 0.722. The number of carbonyl (C=O) groups excluding carboxylic acids is 7. The van der Waals surface area contributed by atoms with Gasteiger partial charge in [-0.3, -0.25) is 48.5 Å². The lowest BCUT2D eigenvalue weighted by Gasteiger charge is -2.35. The molecule has 0 saturated carbocycles. The van der Waals surface area contributed by atoms with Gasteiger partial charge in [-0.2, -0.15) is 0 Å². The number of aliphatic hydroxyl groups excluding tert-OH is 7. The van der Waals surface area contributed by atoms with Gasteiger partial charge in [0, 0.05) is 50.8 Å². The predicted molar refractivity (Wildman–Crippen MR) is 298 cm³/mol. The minimum absolute atomic E-state index is 0.106. The number of phenolic OH excluding ortho intramolecular Hbond substituents is 1. The van der Waals surface area contributed by atoms with Crippen LogP contribution in [0.4, 0.5) is 0 Å². The lowest BCUT2D eigenvalue weighted by atomic mass is 9.91. The highest BCUT2D eigenvalue weighted by Gasteiger charge is 2.49. The summed E-state index contributed by atoms with van der Waals surface area (Å²) in [6, 6.07) is -7.46. The van der Waals surface area contributed by atoms with Gasteiger partial charge in [0.2, 0.25) is 41.4 Å². The Labute approximate surface area is 488 Å². The maximum atomic E-state index is 14.7. The van der Waals surface area contributed by atoms with Gasteiger partial charge in [-0.1, -0.05) is 77.8 Å². The molecule has 29 nitrogen and oxygen atoms in total. The van der Waals surface area contributed by atoms with E-state index in [4.69, 9.17) is 36.8 Å². The molecule has 7 amide bonds. The lowest BCUT2D eigenvalue weighted by molar-refractivity contribution is -0.148. The van der Waals surface area contributed by atoms with Crippen LogP contribution in [-0.2, 0) is 43.2 Å². The third-order valence-electron chi connectivity index (χ3n) is 14.7. The SMILES string of the molecule is O=CO.O=CO.[2H]C([2H])(N)C([2H])([2H])N[C@H]1NC(=O)[C@@H]2[C@@H](O)CCN2C(=O)[C@H]([C@H](O)CCN)NC(=O)[C@H]([C@H](O)[C@@H](O)c2ccc(O)cc2)NC(=O)[C@@H]2C[C@@H](O)CN2C(=O)[C@H]([C@@H](C)O)NC(=O)[C@@H](NC(=O)CCCCCCCCC(C)CC(C)CC)C[C@H]1O. The lowest BCUT2D eigenvalue weighted by Crippen LogP contribution is -2.65. The number of aromatic hydroxyl groups is 1. The van der Waals surface area contributed by atoms with E-state index in [1.807, 2.05) is 0 Å². The summed E-state index contributed by atoms with van der Waals surface area (Å²) in [6.45, 7) is -0.737. The van der Waals surface area contributed by atoms with Crippen molar-refractivity contribution in [3.8, 4) is 5.75 Å². The maximum Gasteiger partial charge on any atom is 0.290 e. The molecular weight excluding hydrogens is 1090 g/mol. The molecule has 83 heavy (non-hydrogen) atoms. The number of unbranched alkanes of at least 4 members (excludes halogenated alkanes) is 5. The summed E-state index contributed by atoms with van der Waals surface area (Å²) >= 11 is 0. The quantitative estimate of drug-likeness (QED) is 0.0368. The summed E-state index contributed by atoms with van der Waals surface area (Å²) < 4.78 is 32.9. The molecule has 16 atom stereocenters. The van der Waals surface area contributed by atoms with Crippen molar-refractivity contribution in [2.45, 2.75) is 203 Å². The second-order valence-corrected chi connectivity index (χ2v) is 21.1. The molecule has 4 rings (SSSR count). The molecule has 2 unspecified atom stereocenters. The van der Waals surface area contributed by atoms with Crippen molar-refractivity contribution < 1.29 is 99.7 Å². The van der Waals surface area contributed by atoms with Crippen molar-refractivity contribution in [3.05, 3.63) is 29.8 Å². The smallest absolute Gasteiger partial charge is 0.290 e. The Morgan fingerprint density at radius 1 is 0.747 bits per heavy atom. The second kappa shape index (κ2) is 37.9. The number of aliphatic hydroxyl groups is 7. The monoisotopic (exact) mass is 1190 g/mol. The van der Waals surface area contributed by atoms with Crippen molar-refractivity contribution in [2.24, 2.45) is 23.3 Å². The van der Waals surface area contributed by atoms with E-state index in [9.17, 15) is 74.4 Å².